The quantitative estimate of drug-likeness (QED) is 0.731. The van der Waals surface area contributed by atoms with Crippen molar-refractivity contribution >= 4 is 42.7 Å². The zero-order valence-electron chi connectivity index (χ0n) is 6.16. The lowest BCUT2D eigenvalue weighted by Gasteiger charge is -1.96. The summed E-state index contributed by atoms with van der Waals surface area (Å²) in [6, 6.07) is 4.83. The normalized spacial score (nSPS) is 18.2. The van der Waals surface area contributed by atoms with Gasteiger partial charge in [-0.1, -0.05) is 27.5 Å². The van der Waals surface area contributed by atoms with Crippen molar-refractivity contribution in [1.29, 1.82) is 0 Å². The van der Waals surface area contributed by atoms with Gasteiger partial charge in [-0.3, -0.25) is 0 Å². The van der Waals surface area contributed by atoms with Crippen molar-refractivity contribution in [3.05, 3.63) is 28.2 Å². The van der Waals surface area contributed by atoms with Gasteiger partial charge < -0.3 is 0 Å². The first-order valence-corrected chi connectivity index (χ1v) is 5.92. The maximum Gasteiger partial charge on any atom is 0.284 e. The molecule has 0 atom stereocenters. The summed E-state index contributed by atoms with van der Waals surface area (Å²) in [7, 11) is -3.55. The van der Waals surface area contributed by atoms with E-state index in [9.17, 15) is 8.42 Å². The molecule has 0 bridgehead atoms. The average Bonchev–Trinajstić information content (AvgIpc) is 2.23. The van der Waals surface area contributed by atoms with E-state index in [1.807, 2.05) is 0 Å². The van der Waals surface area contributed by atoms with E-state index < -0.39 is 10.0 Å². The molecule has 0 fully saturated rings. The van der Waals surface area contributed by atoms with Crippen molar-refractivity contribution in [3.8, 4) is 0 Å². The summed E-state index contributed by atoms with van der Waals surface area (Å²) in [6.45, 7) is 0. The van der Waals surface area contributed by atoms with Gasteiger partial charge in [0.2, 0.25) is 0 Å². The third-order valence-electron chi connectivity index (χ3n) is 1.64. The number of benzene rings is 1. The number of hydrogen-bond donors (Lipinski definition) is 0. The molecule has 0 radical (unpaired) electrons. The number of rotatable bonds is 0. The number of fused-ring (bicyclic) bond motifs is 1. The Hall–Kier alpha value is -0.390. The summed E-state index contributed by atoms with van der Waals surface area (Å²) in [5, 5.41) is 0.0301. The molecule has 0 aliphatic carbocycles. The molecule has 1 aliphatic heterocycles. The molecule has 68 valence electrons. The number of nitrogens with zero attached hydrogens (tertiary/aromatic N) is 1. The van der Waals surface area contributed by atoms with Gasteiger partial charge in [-0.15, -0.1) is 4.40 Å². The molecular formula is C7H3BrClNO2S. The van der Waals surface area contributed by atoms with E-state index in [2.05, 4.69) is 20.3 Å². The minimum absolute atomic E-state index is 0.0301. The lowest BCUT2D eigenvalue weighted by molar-refractivity contribution is 0.599. The molecular weight excluding hydrogens is 278 g/mol. The van der Waals surface area contributed by atoms with E-state index in [0.29, 0.717) is 10.0 Å². The van der Waals surface area contributed by atoms with Crippen LogP contribution in [0.15, 0.2) is 32.0 Å². The predicted molar refractivity (Wildman–Crippen MR) is 53.7 cm³/mol. The van der Waals surface area contributed by atoms with Crippen molar-refractivity contribution < 1.29 is 8.42 Å². The van der Waals surface area contributed by atoms with Gasteiger partial charge in [-0.25, -0.2) is 0 Å². The highest BCUT2D eigenvalue weighted by Gasteiger charge is 2.27. The fourth-order valence-electron chi connectivity index (χ4n) is 1.08. The van der Waals surface area contributed by atoms with Crippen molar-refractivity contribution in [2.24, 2.45) is 4.40 Å². The fourth-order valence-corrected chi connectivity index (χ4v) is 3.22. The van der Waals surface area contributed by atoms with Gasteiger partial charge in [0.15, 0.2) is 5.17 Å². The molecule has 0 saturated heterocycles. The molecule has 1 heterocycles. The van der Waals surface area contributed by atoms with Gasteiger partial charge in [0, 0.05) is 10.0 Å². The summed E-state index contributed by atoms with van der Waals surface area (Å²) in [5.41, 5.74) is 0.463. The van der Waals surface area contributed by atoms with E-state index in [-0.39, 0.29) is 10.1 Å². The molecule has 1 aromatic rings. The smallest absolute Gasteiger partial charge is 0.199 e. The van der Waals surface area contributed by atoms with Crippen LogP contribution in [0.25, 0.3) is 0 Å². The largest absolute Gasteiger partial charge is 0.284 e. The summed E-state index contributed by atoms with van der Waals surface area (Å²) in [4.78, 5) is 0.159. The van der Waals surface area contributed by atoms with Crippen molar-refractivity contribution in [3.63, 3.8) is 0 Å². The Morgan fingerprint density at radius 1 is 1.38 bits per heavy atom. The minimum Gasteiger partial charge on any atom is -0.199 e. The fraction of sp³-hybridized carbons (Fsp3) is 0. The van der Waals surface area contributed by atoms with Crippen LogP contribution < -0.4 is 0 Å². The molecule has 1 aromatic carbocycles. The summed E-state index contributed by atoms with van der Waals surface area (Å²) >= 11 is 8.81. The van der Waals surface area contributed by atoms with Gasteiger partial charge in [-0.2, -0.15) is 8.42 Å². The Labute approximate surface area is 88.6 Å². The first kappa shape index (κ1) is 9.18. The maximum atomic E-state index is 11.3. The Bertz CT molecular complexity index is 509. The van der Waals surface area contributed by atoms with Gasteiger partial charge >= 0.3 is 0 Å². The molecule has 0 aromatic heterocycles. The molecule has 3 nitrogen and oxygen atoms in total. The van der Waals surface area contributed by atoms with Crippen molar-refractivity contribution in [2.75, 3.05) is 0 Å². The minimum atomic E-state index is -3.55. The third kappa shape index (κ3) is 1.41. The van der Waals surface area contributed by atoms with Crippen LogP contribution in [0.1, 0.15) is 5.56 Å². The molecule has 0 amide bonds. The third-order valence-corrected chi connectivity index (χ3v) is 3.84. The molecule has 6 heteroatoms. The summed E-state index contributed by atoms with van der Waals surface area (Å²) in [6.07, 6.45) is 0. The first-order valence-electron chi connectivity index (χ1n) is 3.31. The van der Waals surface area contributed by atoms with Crippen molar-refractivity contribution in [1.82, 2.24) is 0 Å². The van der Waals surface area contributed by atoms with E-state index in [0.717, 1.165) is 0 Å². The zero-order valence-corrected chi connectivity index (χ0v) is 9.32. The van der Waals surface area contributed by atoms with Crippen LogP contribution in [0.2, 0.25) is 0 Å². The predicted octanol–water partition coefficient (Wildman–Crippen LogP) is 2.14. The molecule has 0 saturated carbocycles. The second-order valence-electron chi connectivity index (χ2n) is 2.50. The second-order valence-corrected chi connectivity index (χ2v) is 5.34. The Kier molecular flexibility index (Phi) is 1.98. The number of hydrogen-bond acceptors (Lipinski definition) is 2. The summed E-state index contributed by atoms with van der Waals surface area (Å²) in [5.74, 6) is 0. The molecule has 0 unspecified atom stereocenters. The lowest BCUT2D eigenvalue weighted by atomic mass is 10.2. The zero-order chi connectivity index (χ0) is 9.64. The Balaban J connectivity index is 2.83. The lowest BCUT2D eigenvalue weighted by Crippen LogP contribution is -1.93. The molecule has 0 spiro atoms. The maximum absolute atomic E-state index is 11.3. The van der Waals surface area contributed by atoms with E-state index in [4.69, 9.17) is 11.6 Å². The topological polar surface area (TPSA) is 46.5 Å². The van der Waals surface area contributed by atoms with Crippen molar-refractivity contribution in [2.45, 2.75) is 4.90 Å². The second kappa shape index (κ2) is 2.80. The highest BCUT2D eigenvalue weighted by atomic mass is 79.9. The van der Waals surface area contributed by atoms with E-state index in [1.54, 1.807) is 12.1 Å². The average molecular weight is 281 g/mol. The van der Waals surface area contributed by atoms with Gasteiger partial charge in [0.1, 0.15) is 4.90 Å². The highest BCUT2D eigenvalue weighted by Crippen LogP contribution is 2.30. The molecule has 0 N–H and O–H groups in total. The highest BCUT2D eigenvalue weighted by molar-refractivity contribution is 9.10. The van der Waals surface area contributed by atoms with Crippen LogP contribution in [-0.4, -0.2) is 13.6 Å². The SMILES string of the molecule is O=S1(=O)N=C(Cl)c2ccc(Br)cc21. The van der Waals surface area contributed by atoms with E-state index >= 15 is 0 Å². The Morgan fingerprint density at radius 2 is 2.08 bits per heavy atom. The van der Waals surface area contributed by atoms with Gasteiger partial charge in [0.05, 0.1) is 0 Å². The summed E-state index contributed by atoms with van der Waals surface area (Å²) < 4.78 is 26.7. The first-order chi connectivity index (χ1) is 6.00. The number of halogens is 2. The van der Waals surface area contributed by atoms with Crippen LogP contribution in [0, 0.1) is 0 Å². The van der Waals surface area contributed by atoms with E-state index in [1.165, 1.54) is 6.07 Å². The van der Waals surface area contributed by atoms with Gasteiger partial charge in [-0.05, 0) is 18.2 Å². The van der Waals surface area contributed by atoms with Crippen LogP contribution >= 0.6 is 27.5 Å². The molecule has 13 heavy (non-hydrogen) atoms. The Morgan fingerprint density at radius 3 is 2.77 bits per heavy atom. The van der Waals surface area contributed by atoms with Crippen LogP contribution in [0.4, 0.5) is 0 Å². The molecule has 2 rings (SSSR count). The number of sulfonamides is 1. The van der Waals surface area contributed by atoms with Gasteiger partial charge in [0.25, 0.3) is 10.0 Å². The van der Waals surface area contributed by atoms with Crippen LogP contribution in [0.5, 0.6) is 0 Å². The standard InChI is InChI=1S/C7H3BrClNO2S/c8-4-1-2-5-6(3-4)13(11,12)10-7(5)9/h1-3H. The van der Waals surface area contributed by atoms with Crippen LogP contribution in [0.3, 0.4) is 0 Å². The molecule has 1 aliphatic rings. The monoisotopic (exact) mass is 279 g/mol. The van der Waals surface area contributed by atoms with Crippen LogP contribution in [-0.2, 0) is 10.0 Å².